The van der Waals surface area contributed by atoms with Gasteiger partial charge in [0.15, 0.2) is 0 Å². The molecule has 0 radical (unpaired) electrons. The van der Waals surface area contributed by atoms with E-state index in [0.717, 1.165) is 89.9 Å². The van der Waals surface area contributed by atoms with E-state index in [4.69, 9.17) is 37.9 Å². The molecule has 4 rings (SSSR count). The lowest BCUT2D eigenvalue weighted by Crippen LogP contribution is -2.24. The van der Waals surface area contributed by atoms with Crippen molar-refractivity contribution in [3.8, 4) is 0 Å². The number of fused-ring (bicyclic) bond motifs is 2. The van der Waals surface area contributed by atoms with Gasteiger partial charge in [-0.3, -0.25) is 28.8 Å². The van der Waals surface area contributed by atoms with Gasteiger partial charge in [-0.25, -0.2) is 0 Å². The van der Waals surface area contributed by atoms with E-state index in [0.29, 0.717) is 141 Å². The van der Waals surface area contributed by atoms with E-state index in [9.17, 15) is 28.8 Å². The molecule has 6 unspecified atom stereocenters. The molecule has 0 aromatic rings. The Labute approximate surface area is 344 Å². The molecule has 4 aliphatic rings. The van der Waals surface area contributed by atoms with Crippen molar-refractivity contribution in [2.75, 3.05) is 39.6 Å². The lowest BCUT2D eigenvalue weighted by atomic mass is 9.89. The standard InChI is InChI=1S/C44H70O14/c45-39(52-26-12-2-8-18-41(47)54-28-14-4-10-20-43(49)56-32-33-21-23-35-37(30-33)57-35)16-6-1-11-25-51-40(46)17-7-3-13-27-53-42(48)19-9-5-15-29-55-44(50)34-22-24-36-38(31-34)58-36/h33-38H,1-32H2. The zero-order chi connectivity index (χ0) is 41.2. The van der Waals surface area contributed by atoms with E-state index in [1.807, 2.05) is 0 Å². The maximum Gasteiger partial charge on any atom is 0.309 e. The number of rotatable bonds is 33. The van der Waals surface area contributed by atoms with Crippen LogP contribution in [0, 0.1) is 11.8 Å². The van der Waals surface area contributed by atoms with Gasteiger partial charge in [0.05, 0.1) is 70.0 Å². The van der Waals surface area contributed by atoms with Crippen molar-refractivity contribution < 1.29 is 66.7 Å². The van der Waals surface area contributed by atoms with Crippen LogP contribution < -0.4 is 0 Å². The van der Waals surface area contributed by atoms with Crippen molar-refractivity contribution in [2.45, 2.75) is 191 Å². The minimum Gasteiger partial charge on any atom is -0.466 e. The quantitative estimate of drug-likeness (QED) is 0.0281. The Morgan fingerprint density at radius 1 is 0.362 bits per heavy atom. The number of carbonyl (C=O) groups is 6. The van der Waals surface area contributed by atoms with Gasteiger partial charge in [-0.2, -0.15) is 0 Å². The second kappa shape index (κ2) is 28.3. The van der Waals surface area contributed by atoms with Crippen LogP contribution in [0.1, 0.15) is 167 Å². The minimum absolute atomic E-state index is 0.0353. The third kappa shape index (κ3) is 21.7. The van der Waals surface area contributed by atoms with E-state index >= 15 is 0 Å². The van der Waals surface area contributed by atoms with Gasteiger partial charge >= 0.3 is 35.8 Å². The lowest BCUT2D eigenvalue weighted by molar-refractivity contribution is -0.150. The number of esters is 6. The maximum atomic E-state index is 12.1. The van der Waals surface area contributed by atoms with E-state index in [2.05, 4.69) is 0 Å². The zero-order valence-electron chi connectivity index (χ0n) is 34.8. The number of ether oxygens (including phenoxy) is 8. The molecule has 2 saturated heterocycles. The fourth-order valence-corrected chi connectivity index (χ4v) is 7.60. The molecule has 0 aromatic carbocycles. The van der Waals surface area contributed by atoms with Crippen LogP contribution in [-0.4, -0.2) is 99.9 Å². The Balaban J connectivity index is 0.799. The van der Waals surface area contributed by atoms with E-state index in [1.165, 1.54) is 0 Å². The van der Waals surface area contributed by atoms with E-state index in [-0.39, 0.29) is 47.8 Å². The smallest absolute Gasteiger partial charge is 0.309 e. The van der Waals surface area contributed by atoms with Gasteiger partial charge in [0.2, 0.25) is 0 Å². The summed E-state index contributed by atoms with van der Waals surface area (Å²) in [6, 6.07) is 0. The van der Waals surface area contributed by atoms with Crippen LogP contribution in [0.25, 0.3) is 0 Å². The van der Waals surface area contributed by atoms with Crippen LogP contribution >= 0.6 is 0 Å². The summed E-state index contributed by atoms with van der Waals surface area (Å²) in [5.74, 6) is -0.847. The Kier molecular flexibility index (Phi) is 23.1. The highest BCUT2D eigenvalue weighted by molar-refractivity contribution is 5.73. The first-order valence-electron chi connectivity index (χ1n) is 22.5. The first-order chi connectivity index (χ1) is 28.3. The Bertz CT molecular complexity index is 1250. The predicted molar refractivity (Wildman–Crippen MR) is 210 cm³/mol. The van der Waals surface area contributed by atoms with Gasteiger partial charge in [-0.05, 0) is 141 Å². The molecule has 2 aliphatic carbocycles. The fourth-order valence-electron chi connectivity index (χ4n) is 7.60. The average Bonchev–Trinajstić information content (AvgIpc) is 4.15. The van der Waals surface area contributed by atoms with Crippen molar-refractivity contribution in [1.29, 1.82) is 0 Å². The van der Waals surface area contributed by atoms with Crippen molar-refractivity contribution in [2.24, 2.45) is 11.8 Å². The molecular formula is C44H70O14. The summed E-state index contributed by atoms with van der Waals surface area (Å²) >= 11 is 0. The molecule has 2 aliphatic heterocycles. The summed E-state index contributed by atoms with van der Waals surface area (Å²) in [5.41, 5.74) is 0. The molecule has 330 valence electrons. The van der Waals surface area contributed by atoms with Crippen molar-refractivity contribution in [1.82, 2.24) is 0 Å². The van der Waals surface area contributed by atoms with Crippen molar-refractivity contribution in [3.05, 3.63) is 0 Å². The van der Waals surface area contributed by atoms with E-state index in [1.54, 1.807) is 0 Å². The summed E-state index contributed by atoms with van der Waals surface area (Å²) in [4.78, 5) is 72.0. The van der Waals surface area contributed by atoms with Crippen LogP contribution in [0.2, 0.25) is 0 Å². The van der Waals surface area contributed by atoms with Gasteiger partial charge in [0.25, 0.3) is 0 Å². The minimum atomic E-state index is -0.248. The van der Waals surface area contributed by atoms with Crippen LogP contribution in [0.4, 0.5) is 0 Å². The summed E-state index contributed by atoms with van der Waals surface area (Å²) < 4.78 is 42.9. The Morgan fingerprint density at radius 2 is 0.724 bits per heavy atom. The topological polar surface area (TPSA) is 183 Å². The summed E-state index contributed by atoms with van der Waals surface area (Å²) in [7, 11) is 0. The van der Waals surface area contributed by atoms with Crippen LogP contribution in [0.3, 0.4) is 0 Å². The number of carbonyl (C=O) groups excluding carboxylic acids is 6. The second-order valence-corrected chi connectivity index (χ2v) is 16.4. The molecule has 2 saturated carbocycles. The summed E-state index contributed by atoms with van der Waals surface area (Å²) in [5, 5.41) is 0. The van der Waals surface area contributed by atoms with Gasteiger partial charge < -0.3 is 37.9 Å². The highest BCUT2D eigenvalue weighted by atomic mass is 16.6. The fraction of sp³-hybridized carbons (Fsp3) is 0.864. The highest BCUT2D eigenvalue weighted by Gasteiger charge is 2.46. The normalized spacial score (nSPS) is 22.8. The van der Waals surface area contributed by atoms with Crippen LogP contribution in [-0.2, 0) is 66.7 Å². The molecule has 2 heterocycles. The molecule has 0 amide bonds. The molecule has 14 nitrogen and oxygen atoms in total. The zero-order valence-corrected chi connectivity index (χ0v) is 34.8. The van der Waals surface area contributed by atoms with Gasteiger partial charge in [-0.1, -0.05) is 0 Å². The third-order valence-electron chi connectivity index (χ3n) is 11.4. The third-order valence-corrected chi connectivity index (χ3v) is 11.4. The van der Waals surface area contributed by atoms with Crippen LogP contribution in [0.15, 0.2) is 0 Å². The molecule has 6 atom stereocenters. The number of hydrogen-bond acceptors (Lipinski definition) is 14. The SMILES string of the molecule is O=C(CCCCCOC(=O)CCCCCOC(=O)CCCCCOC(=O)C1CCC2OC2C1)OCCCCCC(=O)OCCCCCC(=O)OCC1CCC2OC2C1. The van der Waals surface area contributed by atoms with Gasteiger partial charge in [0, 0.05) is 32.1 Å². The number of epoxide rings is 2. The molecule has 0 N–H and O–H groups in total. The van der Waals surface area contributed by atoms with E-state index < -0.39 is 0 Å². The van der Waals surface area contributed by atoms with Gasteiger partial charge in [-0.15, -0.1) is 0 Å². The average molecular weight is 823 g/mol. The molecule has 4 fully saturated rings. The van der Waals surface area contributed by atoms with Crippen molar-refractivity contribution in [3.63, 3.8) is 0 Å². The Morgan fingerprint density at radius 3 is 1.12 bits per heavy atom. The molecule has 0 spiro atoms. The highest BCUT2D eigenvalue weighted by Crippen LogP contribution is 2.40. The first kappa shape index (κ1) is 47.4. The molecule has 14 heteroatoms. The number of hydrogen-bond donors (Lipinski definition) is 0. The summed E-state index contributed by atoms with van der Waals surface area (Å²) in [6.45, 7) is 2.21. The van der Waals surface area contributed by atoms with Crippen molar-refractivity contribution >= 4 is 35.8 Å². The summed E-state index contributed by atoms with van der Waals surface area (Å²) in [6.07, 6.45) is 19.7. The second-order valence-electron chi connectivity index (χ2n) is 16.4. The predicted octanol–water partition coefficient (Wildman–Crippen LogP) is 7.18. The van der Waals surface area contributed by atoms with Gasteiger partial charge in [0.1, 0.15) is 0 Å². The molecular weight excluding hydrogens is 752 g/mol. The molecule has 58 heavy (non-hydrogen) atoms. The number of unbranched alkanes of at least 4 members (excludes halogenated alkanes) is 10. The molecule has 0 bridgehead atoms. The monoisotopic (exact) mass is 822 g/mol. The van der Waals surface area contributed by atoms with Crippen LogP contribution in [0.5, 0.6) is 0 Å². The Hall–Kier alpha value is -3.26. The lowest BCUT2D eigenvalue weighted by Gasteiger charge is -2.18. The largest absolute Gasteiger partial charge is 0.466 e. The molecule has 0 aromatic heterocycles. The first-order valence-corrected chi connectivity index (χ1v) is 22.5. The maximum absolute atomic E-state index is 12.1.